The number of rotatable bonds is 8. The molecule has 1 amide bonds. The minimum atomic E-state index is -0.311. The Balaban J connectivity index is 1.52. The Morgan fingerprint density at radius 1 is 0.921 bits per heavy atom. The van der Waals surface area contributed by atoms with E-state index in [0.29, 0.717) is 35.1 Å². The standard InChI is InChI=1S/C31H24FIN2O3/c1-2-37-28-19-22(18-27(33)30(28)38-20-21-10-9-13-24(32)16-21)17-26-29(23-11-5-3-6-12-23)34-35(31(26)36)25-14-7-4-8-15-25/h3-19H,2,20H2,1H3/b26-17-. The van der Waals surface area contributed by atoms with Crippen molar-refractivity contribution in [2.24, 2.45) is 5.10 Å². The van der Waals surface area contributed by atoms with E-state index in [0.717, 1.165) is 20.3 Å². The molecule has 5 nitrogen and oxygen atoms in total. The van der Waals surface area contributed by atoms with Crippen molar-refractivity contribution in [3.05, 3.63) is 129 Å². The highest BCUT2D eigenvalue weighted by atomic mass is 127. The van der Waals surface area contributed by atoms with Crippen molar-refractivity contribution in [2.45, 2.75) is 13.5 Å². The Morgan fingerprint density at radius 2 is 1.66 bits per heavy atom. The van der Waals surface area contributed by atoms with Gasteiger partial charge in [-0.05, 0) is 83.1 Å². The van der Waals surface area contributed by atoms with Crippen LogP contribution in [0, 0.1) is 9.39 Å². The van der Waals surface area contributed by atoms with Gasteiger partial charge in [0.05, 0.1) is 21.4 Å². The van der Waals surface area contributed by atoms with Crippen molar-refractivity contribution in [1.29, 1.82) is 0 Å². The van der Waals surface area contributed by atoms with Gasteiger partial charge < -0.3 is 9.47 Å². The van der Waals surface area contributed by atoms with Crippen molar-refractivity contribution in [1.82, 2.24) is 0 Å². The van der Waals surface area contributed by atoms with Crippen molar-refractivity contribution < 1.29 is 18.7 Å². The third-order valence-electron chi connectivity index (χ3n) is 5.84. The van der Waals surface area contributed by atoms with Crippen LogP contribution in [-0.4, -0.2) is 18.2 Å². The number of hydrogen-bond acceptors (Lipinski definition) is 4. The molecule has 0 saturated heterocycles. The number of hydrogen-bond donors (Lipinski definition) is 0. The molecule has 7 heteroatoms. The SMILES string of the molecule is CCOc1cc(/C=C2\C(=O)N(c3ccccc3)N=C2c2ccccc2)cc(I)c1OCc1cccc(F)c1. The molecular weight excluding hydrogens is 594 g/mol. The number of para-hydroxylation sites is 1. The first kappa shape index (κ1) is 25.7. The van der Waals surface area contributed by atoms with Crippen molar-refractivity contribution >= 4 is 46.0 Å². The van der Waals surface area contributed by atoms with Gasteiger partial charge in [0.2, 0.25) is 0 Å². The van der Waals surface area contributed by atoms with Gasteiger partial charge in [0.1, 0.15) is 18.1 Å². The number of carbonyl (C=O) groups is 1. The van der Waals surface area contributed by atoms with Crippen LogP contribution in [0.25, 0.3) is 6.08 Å². The van der Waals surface area contributed by atoms with Crippen LogP contribution in [0.5, 0.6) is 11.5 Å². The lowest BCUT2D eigenvalue weighted by Gasteiger charge is -2.15. The molecule has 0 aromatic heterocycles. The van der Waals surface area contributed by atoms with Gasteiger partial charge in [-0.3, -0.25) is 4.79 Å². The number of hydrazone groups is 1. The molecule has 0 atom stereocenters. The number of anilines is 1. The van der Waals surface area contributed by atoms with Crippen molar-refractivity contribution in [3.63, 3.8) is 0 Å². The number of ether oxygens (including phenoxy) is 2. The molecule has 38 heavy (non-hydrogen) atoms. The highest BCUT2D eigenvalue weighted by Gasteiger charge is 2.32. The van der Waals surface area contributed by atoms with Crippen LogP contribution < -0.4 is 14.5 Å². The van der Waals surface area contributed by atoms with E-state index in [-0.39, 0.29) is 18.3 Å². The molecular formula is C31H24FIN2O3. The van der Waals surface area contributed by atoms with Crippen LogP contribution in [0.1, 0.15) is 23.6 Å². The first-order valence-electron chi connectivity index (χ1n) is 12.1. The molecule has 1 heterocycles. The second-order valence-electron chi connectivity index (χ2n) is 8.51. The van der Waals surface area contributed by atoms with Crippen LogP contribution in [-0.2, 0) is 11.4 Å². The predicted octanol–water partition coefficient (Wildman–Crippen LogP) is 7.24. The summed E-state index contributed by atoms with van der Waals surface area (Å²) >= 11 is 2.19. The molecule has 0 N–H and O–H groups in total. The minimum absolute atomic E-state index is 0.198. The number of benzene rings is 4. The third-order valence-corrected chi connectivity index (χ3v) is 6.64. The maximum Gasteiger partial charge on any atom is 0.281 e. The molecule has 0 bridgehead atoms. The Kier molecular flexibility index (Phi) is 7.83. The summed E-state index contributed by atoms with van der Waals surface area (Å²) in [7, 11) is 0. The predicted molar refractivity (Wildman–Crippen MR) is 156 cm³/mol. The van der Waals surface area contributed by atoms with E-state index in [1.165, 1.54) is 17.1 Å². The zero-order valence-electron chi connectivity index (χ0n) is 20.6. The van der Waals surface area contributed by atoms with Gasteiger partial charge in [-0.25, -0.2) is 4.39 Å². The molecule has 0 spiro atoms. The average molecular weight is 618 g/mol. The fourth-order valence-electron chi connectivity index (χ4n) is 4.12. The first-order chi connectivity index (χ1) is 18.5. The van der Waals surface area contributed by atoms with E-state index in [1.54, 1.807) is 6.07 Å². The lowest BCUT2D eigenvalue weighted by Crippen LogP contribution is -2.21. The Bertz CT molecular complexity index is 1520. The second kappa shape index (κ2) is 11.6. The average Bonchev–Trinajstić information content (AvgIpc) is 3.25. The van der Waals surface area contributed by atoms with Crippen LogP contribution in [0.2, 0.25) is 0 Å². The first-order valence-corrected chi connectivity index (χ1v) is 13.2. The van der Waals surface area contributed by atoms with Crippen LogP contribution in [0.15, 0.2) is 108 Å². The molecule has 0 unspecified atom stereocenters. The molecule has 0 fully saturated rings. The quantitative estimate of drug-likeness (QED) is 0.155. The zero-order valence-corrected chi connectivity index (χ0v) is 22.8. The smallest absolute Gasteiger partial charge is 0.281 e. The van der Waals surface area contributed by atoms with Gasteiger partial charge in [0, 0.05) is 5.56 Å². The molecule has 1 aliphatic heterocycles. The molecule has 4 aromatic carbocycles. The summed E-state index contributed by atoms with van der Waals surface area (Å²) in [6.45, 7) is 2.53. The minimum Gasteiger partial charge on any atom is -0.490 e. The summed E-state index contributed by atoms with van der Waals surface area (Å²) in [5.41, 5.74) is 4.11. The highest BCUT2D eigenvalue weighted by Crippen LogP contribution is 2.36. The van der Waals surface area contributed by atoms with Gasteiger partial charge >= 0.3 is 0 Å². The lowest BCUT2D eigenvalue weighted by molar-refractivity contribution is -0.114. The van der Waals surface area contributed by atoms with Gasteiger partial charge in [0.15, 0.2) is 11.5 Å². The van der Waals surface area contributed by atoms with Crippen LogP contribution >= 0.6 is 22.6 Å². The fraction of sp³-hybridized carbons (Fsp3) is 0.0968. The maximum atomic E-state index is 13.6. The van der Waals surface area contributed by atoms with E-state index in [1.807, 2.05) is 91.9 Å². The van der Waals surface area contributed by atoms with Crippen LogP contribution in [0.3, 0.4) is 0 Å². The van der Waals surface area contributed by atoms with E-state index >= 15 is 0 Å². The number of halogens is 2. The van der Waals surface area contributed by atoms with Gasteiger partial charge in [0.25, 0.3) is 5.91 Å². The Hall–Kier alpha value is -3.98. The molecule has 0 saturated carbocycles. The maximum absolute atomic E-state index is 13.6. The number of amides is 1. The second-order valence-corrected chi connectivity index (χ2v) is 9.67. The molecule has 190 valence electrons. The van der Waals surface area contributed by atoms with Crippen molar-refractivity contribution in [2.75, 3.05) is 11.6 Å². The number of nitrogens with zero attached hydrogens (tertiary/aromatic N) is 2. The summed E-state index contributed by atoms with van der Waals surface area (Å²) in [4.78, 5) is 13.6. The highest BCUT2D eigenvalue weighted by molar-refractivity contribution is 14.1. The fourth-order valence-corrected chi connectivity index (χ4v) is 4.90. The molecule has 5 rings (SSSR count). The summed E-state index contributed by atoms with van der Waals surface area (Å²) in [5, 5.41) is 6.13. The van der Waals surface area contributed by atoms with E-state index < -0.39 is 0 Å². The van der Waals surface area contributed by atoms with Crippen molar-refractivity contribution in [3.8, 4) is 11.5 Å². The summed E-state index contributed by atoms with van der Waals surface area (Å²) < 4.78 is 26.4. The monoisotopic (exact) mass is 618 g/mol. The van der Waals surface area contributed by atoms with Crippen LogP contribution in [0.4, 0.5) is 10.1 Å². The normalized spacial score (nSPS) is 14.1. The topological polar surface area (TPSA) is 51.1 Å². The summed E-state index contributed by atoms with van der Waals surface area (Å²) in [5.74, 6) is 0.592. The van der Waals surface area contributed by atoms with Gasteiger partial charge in [-0.15, -0.1) is 0 Å². The number of carbonyl (C=O) groups excluding carboxylic acids is 1. The Morgan fingerprint density at radius 3 is 2.37 bits per heavy atom. The Labute approximate surface area is 234 Å². The van der Waals surface area contributed by atoms with Gasteiger partial charge in [-0.2, -0.15) is 10.1 Å². The molecule has 0 aliphatic carbocycles. The summed E-state index contributed by atoms with van der Waals surface area (Å²) in [6, 6.07) is 29.1. The summed E-state index contributed by atoms with van der Waals surface area (Å²) in [6.07, 6.45) is 1.83. The molecule has 1 aliphatic rings. The zero-order chi connectivity index (χ0) is 26.5. The molecule has 0 radical (unpaired) electrons. The largest absolute Gasteiger partial charge is 0.490 e. The molecule has 4 aromatic rings. The van der Waals surface area contributed by atoms with Gasteiger partial charge in [-0.1, -0.05) is 60.7 Å². The van der Waals surface area contributed by atoms with E-state index in [4.69, 9.17) is 14.6 Å². The van der Waals surface area contributed by atoms with E-state index in [9.17, 15) is 9.18 Å². The van der Waals surface area contributed by atoms with E-state index in [2.05, 4.69) is 22.6 Å². The third kappa shape index (κ3) is 5.62. The lowest BCUT2D eigenvalue weighted by atomic mass is 10.00.